The predicted octanol–water partition coefficient (Wildman–Crippen LogP) is 1.67. The van der Waals surface area contributed by atoms with Crippen molar-refractivity contribution in [3.63, 3.8) is 0 Å². The Morgan fingerprint density at radius 2 is 2.21 bits per heavy atom. The quantitative estimate of drug-likeness (QED) is 0.603. The Morgan fingerprint density at radius 3 is 2.84 bits per heavy atom. The fourth-order valence-electron chi connectivity index (χ4n) is 1.62. The zero-order valence-corrected chi connectivity index (χ0v) is 10.3. The van der Waals surface area contributed by atoms with Gasteiger partial charge in [0.05, 0.1) is 11.2 Å². The Kier molecular flexibility index (Phi) is 3.91. The second-order valence-electron chi connectivity index (χ2n) is 3.68. The van der Waals surface area contributed by atoms with Gasteiger partial charge in [0.25, 0.3) is 0 Å². The molecule has 19 heavy (non-hydrogen) atoms. The lowest BCUT2D eigenvalue weighted by Crippen LogP contribution is -2.10. The first-order valence-corrected chi connectivity index (χ1v) is 5.65. The zero-order chi connectivity index (χ0) is 13.7. The fraction of sp³-hybridized carbons (Fsp3) is 0.273. The van der Waals surface area contributed by atoms with E-state index in [9.17, 15) is 10.1 Å². The van der Waals surface area contributed by atoms with E-state index in [4.69, 9.17) is 4.42 Å². The van der Waals surface area contributed by atoms with Crippen LogP contribution in [0, 0.1) is 10.1 Å². The summed E-state index contributed by atoms with van der Waals surface area (Å²) < 4.78 is 5.18. The molecule has 100 valence electrons. The number of anilines is 2. The van der Waals surface area contributed by atoms with Gasteiger partial charge in [-0.25, -0.2) is 9.97 Å². The average Bonchev–Trinajstić information content (AvgIpc) is 2.91. The van der Waals surface area contributed by atoms with Crippen molar-refractivity contribution in [3.8, 4) is 0 Å². The maximum absolute atomic E-state index is 11.0. The van der Waals surface area contributed by atoms with Gasteiger partial charge in [-0.05, 0) is 12.1 Å². The van der Waals surface area contributed by atoms with Gasteiger partial charge in [0, 0.05) is 20.0 Å². The zero-order valence-electron chi connectivity index (χ0n) is 10.3. The van der Waals surface area contributed by atoms with Gasteiger partial charge in [0.15, 0.2) is 0 Å². The third-order valence-corrected chi connectivity index (χ3v) is 2.49. The molecule has 8 heteroatoms. The molecule has 0 aliphatic carbocycles. The molecule has 0 aromatic carbocycles. The van der Waals surface area contributed by atoms with Crippen LogP contribution >= 0.6 is 0 Å². The summed E-state index contributed by atoms with van der Waals surface area (Å²) in [6, 6.07) is 3.64. The van der Waals surface area contributed by atoms with Crippen molar-refractivity contribution >= 4 is 17.3 Å². The van der Waals surface area contributed by atoms with E-state index in [1.165, 1.54) is 6.33 Å². The smallest absolute Gasteiger partial charge is 0.353 e. The van der Waals surface area contributed by atoms with Gasteiger partial charge in [-0.3, -0.25) is 10.1 Å². The van der Waals surface area contributed by atoms with Crippen molar-refractivity contribution in [2.45, 2.75) is 6.42 Å². The predicted molar refractivity (Wildman–Crippen MR) is 69.1 cm³/mol. The largest absolute Gasteiger partial charge is 0.469 e. The Bertz CT molecular complexity index is 555. The van der Waals surface area contributed by atoms with Gasteiger partial charge < -0.3 is 15.1 Å². The minimum atomic E-state index is -0.513. The Hall–Kier alpha value is -2.64. The summed E-state index contributed by atoms with van der Waals surface area (Å²) in [7, 11) is 1.57. The molecule has 0 aliphatic rings. The fourth-order valence-corrected chi connectivity index (χ4v) is 1.62. The van der Waals surface area contributed by atoms with Crippen molar-refractivity contribution in [3.05, 3.63) is 40.6 Å². The Balaban J connectivity index is 2.09. The maximum Gasteiger partial charge on any atom is 0.353 e. The summed E-state index contributed by atoms with van der Waals surface area (Å²) in [6.45, 7) is 0.481. The second kappa shape index (κ2) is 5.80. The van der Waals surface area contributed by atoms with E-state index in [0.717, 1.165) is 5.76 Å². The number of hydrogen-bond donors (Lipinski definition) is 2. The summed E-state index contributed by atoms with van der Waals surface area (Å²) >= 11 is 0. The minimum absolute atomic E-state index is 0.163. The number of rotatable bonds is 6. The molecule has 0 spiro atoms. The Labute approximate surface area is 109 Å². The molecule has 2 aromatic rings. The summed E-state index contributed by atoms with van der Waals surface area (Å²) in [5.41, 5.74) is -0.163. The summed E-state index contributed by atoms with van der Waals surface area (Å²) in [6.07, 6.45) is 3.47. The van der Waals surface area contributed by atoms with Gasteiger partial charge >= 0.3 is 5.69 Å². The highest BCUT2D eigenvalue weighted by Crippen LogP contribution is 2.28. The van der Waals surface area contributed by atoms with Crippen LogP contribution in [0.2, 0.25) is 0 Å². The van der Waals surface area contributed by atoms with Crippen molar-refractivity contribution in [1.82, 2.24) is 9.97 Å². The van der Waals surface area contributed by atoms with Crippen LogP contribution in [0.1, 0.15) is 5.76 Å². The molecule has 0 fully saturated rings. The summed E-state index contributed by atoms with van der Waals surface area (Å²) in [5.74, 6) is 1.18. The van der Waals surface area contributed by atoms with E-state index < -0.39 is 4.92 Å². The van der Waals surface area contributed by atoms with Crippen LogP contribution < -0.4 is 10.6 Å². The molecule has 0 radical (unpaired) electrons. The van der Waals surface area contributed by atoms with Crippen LogP contribution in [0.15, 0.2) is 29.1 Å². The lowest BCUT2D eigenvalue weighted by atomic mass is 10.3. The molecule has 2 aromatic heterocycles. The van der Waals surface area contributed by atoms with Crippen LogP contribution in [0.25, 0.3) is 0 Å². The molecule has 0 bridgehead atoms. The number of nitrogens with zero attached hydrogens (tertiary/aromatic N) is 3. The molecule has 2 rings (SSSR count). The average molecular weight is 263 g/mol. The third kappa shape index (κ3) is 2.97. The van der Waals surface area contributed by atoms with Crippen molar-refractivity contribution in [1.29, 1.82) is 0 Å². The molecular formula is C11H13N5O3. The van der Waals surface area contributed by atoms with Gasteiger partial charge in [-0.1, -0.05) is 0 Å². The number of hydrogen-bond acceptors (Lipinski definition) is 7. The first-order chi connectivity index (χ1) is 9.22. The molecule has 0 aliphatic heterocycles. The third-order valence-electron chi connectivity index (χ3n) is 2.49. The molecular weight excluding hydrogens is 250 g/mol. The minimum Gasteiger partial charge on any atom is -0.469 e. The SMILES string of the molecule is CNc1ncnc(NCCc2ccco2)c1[N+](=O)[O-]. The highest BCUT2D eigenvalue weighted by molar-refractivity contribution is 5.68. The summed E-state index contributed by atoms with van der Waals surface area (Å²) in [4.78, 5) is 18.2. The van der Waals surface area contributed by atoms with E-state index >= 15 is 0 Å². The van der Waals surface area contributed by atoms with E-state index in [1.54, 1.807) is 19.4 Å². The van der Waals surface area contributed by atoms with E-state index in [2.05, 4.69) is 20.6 Å². The van der Waals surface area contributed by atoms with Crippen LogP contribution in [0.4, 0.5) is 17.3 Å². The standard InChI is InChI=1S/C11H13N5O3/c1-12-10-9(16(17)18)11(15-7-14-10)13-5-4-8-3-2-6-19-8/h2-3,6-7H,4-5H2,1H3,(H2,12,13,14,15). The normalized spacial score (nSPS) is 10.2. The lowest BCUT2D eigenvalue weighted by molar-refractivity contribution is -0.383. The van der Waals surface area contributed by atoms with Crippen molar-refractivity contribution in [2.75, 3.05) is 24.2 Å². The van der Waals surface area contributed by atoms with Crippen molar-refractivity contribution in [2.24, 2.45) is 0 Å². The van der Waals surface area contributed by atoms with Gasteiger partial charge in [0.2, 0.25) is 11.6 Å². The number of nitro groups is 1. The lowest BCUT2D eigenvalue weighted by Gasteiger charge is -2.07. The molecule has 2 N–H and O–H groups in total. The van der Waals surface area contributed by atoms with Crippen LogP contribution in [0.5, 0.6) is 0 Å². The molecule has 8 nitrogen and oxygen atoms in total. The van der Waals surface area contributed by atoms with Crippen LogP contribution in [-0.4, -0.2) is 28.5 Å². The van der Waals surface area contributed by atoms with Gasteiger partial charge in [-0.15, -0.1) is 0 Å². The molecule has 0 amide bonds. The first kappa shape index (κ1) is 12.8. The van der Waals surface area contributed by atoms with Crippen LogP contribution in [0.3, 0.4) is 0 Å². The van der Waals surface area contributed by atoms with E-state index in [0.29, 0.717) is 13.0 Å². The summed E-state index contributed by atoms with van der Waals surface area (Å²) in [5, 5.41) is 16.6. The van der Waals surface area contributed by atoms with Crippen molar-refractivity contribution < 1.29 is 9.34 Å². The Morgan fingerprint density at radius 1 is 1.42 bits per heavy atom. The second-order valence-corrected chi connectivity index (χ2v) is 3.68. The van der Waals surface area contributed by atoms with E-state index in [1.807, 2.05) is 6.07 Å². The van der Waals surface area contributed by atoms with Gasteiger partial charge in [0.1, 0.15) is 12.1 Å². The van der Waals surface area contributed by atoms with E-state index in [-0.39, 0.29) is 17.3 Å². The first-order valence-electron chi connectivity index (χ1n) is 5.65. The molecule has 0 saturated carbocycles. The monoisotopic (exact) mass is 263 g/mol. The topological polar surface area (TPSA) is 106 Å². The number of furan rings is 1. The molecule has 0 atom stereocenters. The highest BCUT2D eigenvalue weighted by atomic mass is 16.6. The highest BCUT2D eigenvalue weighted by Gasteiger charge is 2.21. The number of nitrogens with one attached hydrogen (secondary N) is 2. The maximum atomic E-state index is 11.0. The number of aromatic nitrogens is 2. The van der Waals surface area contributed by atoms with Crippen LogP contribution in [-0.2, 0) is 6.42 Å². The molecule has 0 saturated heterocycles. The molecule has 0 unspecified atom stereocenters. The molecule has 2 heterocycles. The van der Waals surface area contributed by atoms with Gasteiger partial charge in [-0.2, -0.15) is 0 Å².